The van der Waals surface area contributed by atoms with Gasteiger partial charge in [-0.25, -0.2) is 8.78 Å². The molecular weight excluding hydrogens is 318 g/mol. The van der Waals surface area contributed by atoms with E-state index >= 15 is 0 Å². The molecule has 1 unspecified atom stereocenters. The molecule has 23 heavy (non-hydrogen) atoms. The van der Waals surface area contributed by atoms with E-state index < -0.39 is 5.25 Å². The molecule has 1 N–H and O–H groups in total. The molecule has 2 atom stereocenters. The molecule has 1 heterocycles. The summed E-state index contributed by atoms with van der Waals surface area (Å²) in [6.07, 6.45) is 0. The minimum Gasteiger partial charge on any atom is -0.358 e. The lowest BCUT2D eigenvalue weighted by atomic mass is 10.1. The van der Waals surface area contributed by atoms with Gasteiger partial charge in [0.1, 0.15) is 16.9 Å². The number of rotatable bonds is 3. The lowest BCUT2D eigenvalue weighted by molar-refractivity contribution is -0.117. The first-order chi connectivity index (χ1) is 11.0. The van der Waals surface area contributed by atoms with E-state index in [2.05, 4.69) is 10.3 Å². The Morgan fingerprint density at radius 2 is 1.61 bits per heavy atom. The number of nitrogens with zero attached hydrogens (tertiary/aromatic N) is 1. The Hall–Kier alpha value is -2.21. The summed E-state index contributed by atoms with van der Waals surface area (Å²) in [7, 11) is 0. The molecule has 3 rings (SSSR count). The molecule has 1 amide bonds. The summed E-state index contributed by atoms with van der Waals surface area (Å²) in [4.78, 5) is 16.1. The Morgan fingerprint density at radius 3 is 2.22 bits per heavy atom. The van der Waals surface area contributed by atoms with Crippen molar-refractivity contribution in [3.05, 3.63) is 71.3 Å². The average Bonchev–Trinajstić information content (AvgIpc) is 2.89. The molecule has 118 valence electrons. The van der Waals surface area contributed by atoms with E-state index in [4.69, 9.17) is 0 Å². The van der Waals surface area contributed by atoms with Gasteiger partial charge in [-0.2, -0.15) is 4.99 Å². The maximum Gasteiger partial charge on any atom is 0.266 e. The van der Waals surface area contributed by atoms with Gasteiger partial charge >= 0.3 is 0 Å². The van der Waals surface area contributed by atoms with Crippen molar-refractivity contribution < 1.29 is 13.6 Å². The predicted molar refractivity (Wildman–Crippen MR) is 87.1 cm³/mol. The Balaban J connectivity index is 1.68. The van der Waals surface area contributed by atoms with Crippen molar-refractivity contribution in [2.75, 3.05) is 0 Å². The number of amides is 1. The maximum absolute atomic E-state index is 13.0. The van der Waals surface area contributed by atoms with E-state index in [0.717, 1.165) is 11.1 Å². The standard InChI is InChI=1S/C17H14F2N2OS/c1-10(11-2-6-13(18)7-3-11)20-17-21-16(22)15(23-17)12-4-8-14(19)9-5-12/h2-10,15H,1H3,(H,20,21,22)/t10-,15?/m0/s1. The second kappa shape index (κ2) is 6.50. The number of carbonyl (C=O) groups excluding carboxylic acids is 1. The van der Waals surface area contributed by atoms with Crippen LogP contribution in [0.3, 0.4) is 0 Å². The zero-order valence-electron chi connectivity index (χ0n) is 12.3. The van der Waals surface area contributed by atoms with E-state index in [-0.39, 0.29) is 23.6 Å². The minimum atomic E-state index is -0.460. The summed E-state index contributed by atoms with van der Waals surface area (Å²) in [5.74, 6) is -0.899. The summed E-state index contributed by atoms with van der Waals surface area (Å²) in [6, 6.07) is 11.9. The van der Waals surface area contributed by atoms with Crippen molar-refractivity contribution in [3.8, 4) is 0 Å². The third-order valence-corrected chi connectivity index (χ3v) is 4.69. The summed E-state index contributed by atoms with van der Waals surface area (Å²) in [5, 5.41) is 3.21. The average molecular weight is 332 g/mol. The minimum absolute atomic E-state index is 0.110. The highest BCUT2D eigenvalue weighted by molar-refractivity contribution is 8.15. The summed E-state index contributed by atoms with van der Waals surface area (Å²) in [5.41, 5.74) is 1.61. The van der Waals surface area contributed by atoms with E-state index in [1.54, 1.807) is 24.3 Å². The normalized spacial score (nSPS) is 18.7. The Morgan fingerprint density at radius 1 is 1.04 bits per heavy atom. The summed E-state index contributed by atoms with van der Waals surface area (Å²) < 4.78 is 25.9. The van der Waals surface area contributed by atoms with Crippen LogP contribution < -0.4 is 5.32 Å². The number of amidine groups is 1. The van der Waals surface area contributed by atoms with Crippen LogP contribution in [0.25, 0.3) is 0 Å². The zero-order valence-corrected chi connectivity index (χ0v) is 13.1. The van der Waals surface area contributed by atoms with Gasteiger partial charge in [-0.05, 0) is 42.3 Å². The van der Waals surface area contributed by atoms with Gasteiger partial charge in [0.15, 0.2) is 5.17 Å². The van der Waals surface area contributed by atoms with Crippen molar-refractivity contribution in [1.29, 1.82) is 0 Å². The summed E-state index contributed by atoms with van der Waals surface area (Å²) in [6.45, 7) is 1.91. The smallest absolute Gasteiger partial charge is 0.266 e. The van der Waals surface area contributed by atoms with Gasteiger partial charge in [-0.15, -0.1) is 0 Å². The Bertz CT molecular complexity index is 744. The quantitative estimate of drug-likeness (QED) is 0.924. The number of nitrogens with one attached hydrogen (secondary N) is 1. The van der Waals surface area contributed by atoms with Crippen LogP contribution in [0.4, 0.5) is 8.78 Å². The molecule has 0 radical (unpaired) electrons. The molecule has 1 aliphatic rings. The SMILES string of the molecule is C[C@H](NC1=NC(=O)C(c2ccc(F)cc2)S1)c1ccc(F)cc1. The Kier molecular flexibility index (Phi) is 4.43. The van der Waals surface area contributed by atoms with Crippen molar-refractivity contribution in [2.45, 2.75) is 18.2 Å². The second-order valence-electron chi connectivity index (χ2n) is 5.22. The van der Waals surface area contributed by atoms with Gasteiger partial charge in [0.25, 0.3) is 5.91 Å². The highest BCUT2D eigenvalue weighted by Crippen LogP contribution is 2.36. The lowest BCUT2D eigenvalue weighted by Gasteiger charge is -2.15. The number of aliphatic imine (C=N–C) groups is 1. The molecule has 0 fully saturated rings. The number of hydrogen-bond acceptors (Lipinski definition) is 3. The van der Waals surface area contributed by atoms with Gasteiger partial charge in [0, 0.05) is 0 Å². The first-order valence-electron chi connectivity index (χ1n) is 7.09. The highest BCUT2D eigenvalue weighted by Gasteiger charge is 2.30. The van der Waals surface area contributed by atoms with Crippen LogP contribution in [0.15, 0.2) is 53.5 Å². The first kappa shape index (κ1) is 15.7. The van der Waals surface area contributed by atoms with Gasteiger partial charge in [-0.3, -0.25) is 4.79 Å². The molecular formula is C17H14F2N2OS. The number of halogens is 2. The lowest BCUT2D eigenvalue weighted by Crippen LogP contribution is -2.23. The van der Waals surface area contributed by atoms with Crippen LogP contribution in [-0.2, 0) is 4.79 Å². The molecule has 0 spiro atoms. The molecule has 0 saturated carbocycles. The van der Waals surface area contributed by atoms with Crippen LogP contribution in [0.5, 0.6) is 0 Å². The van der Waals surface area contributed by atoms with Gasteiger partial charge < -0.3 is 5.32 Å². The molecule has 2 aromatic carbocycles. The number of carbonyl (C=O) groups is 1. The largest absolute Gasteiger partial charge is 0.358 e. The fraction of sp³-hybridized carbons (Fsp3) is 0.176. The van der Waals surface area contributed by atoms with E-state index in [1.807, 2.05) is 6.92 Å². The van der Waals surface area contributed by atoms with Gasteiger partial charge in [0.05, 0.1) is 6.04 Å². The molecule has 3 nitrogen and oxygen atoms in total. The van der Waals surface area contributed by atoms with Gasteiger partial charge in [-0.1, -0.05) is 36.0 Å². The Labute approximate surface area is 136 Å². The first-order valence-corrected chi connectivity index (χ1v) is 7.97. The van der Waals surface area contributed by atoms with Crippen molar-refractivity contribution in [3.63, 3.8) is 0 Å². The number of benzene rings is 2. The molecule has 6 heteroatoms. The molecule has 0 aromatic heterocycles. The van der Waals surface area contributed by atoms with Crippen molar-refractivity contribution in [2.24, 2.45) is 4.99 Å². The molecule has 1 aliphatic heterocycles. The second-order valence-corrected chi connectivity index (χ2v) is 6.32. The fourth-order valence-electron chi connectivity index (χ4n) is 2.28. The molecule has 0 aliphatic carbocycles. The van der Waals surface area contributed by atoms with E-state index in [9.17, 15) is 13.6 Å². The maximum atomic E-state index is 13.0. The summed E-state index contributed by atoms with van der Waals surface area (Å²) >= 11 is 1.30. The van der Waals surface area contributed by atoms with Crippen molar-refractivity contribution in [1.82, 2.24) is 5.32 Å². The van der Waals surface area contributed by atoms with Crippen molar-refractivity contribution >= 4 is 22.8 Å². The fourth-order valence-corrected chi connectivity index (χ4v) is 3.34. The van der Waals surface area contributed by atoms with E-state index in [0.29, 0.717) is 5.17 Å². The van der Waals surface area contributed by atoms with Crippen LogP contribution in [0.2, 0.25) is 0 Å². The third kappa shape index (κ3) is 3.59. The van der Waals surface area contributed by atoms with Crippen LogP contribution in [0, 0.1) is 11.6 Å². The van der Waals surface area contributed by atoms with Crippen LogP contribution in [0.1, 0.15) is 29.3 Å². The van der Waals surface area contributed by atoms with Gasteiger partial charge in [0.2, 0.25) is 0 Å². The zero-order chi connectivity index (χ0) is 16.4. The van der Waals surface area contributed by atoms with Crippen LogP contribution in [-0.4, -0.2) is 11.1 Å². The number of hydrogen-bond donors (Lipinski definition) is 1. The number of thioether (sulfide) groups is 1. The van der Waals surface area contributed by atoms with Crippen LogP contribution >= 0.6 is 11.8 Å². The molecule has 0 saturated heterocycles. The molecule has 2 aromatic rings. The predicted octanol–water partition coefficient (Wildman–Crippen LogP) is 3.99. The monoisotopic (exact) mass is 332 g/mol. The topological polar surface area (TPSA) is 41.5 Å². The van der Waals surface area contributed by atoms with E-state index in [1.165, 1.54) is 36.0 Å². The highest BCUT2D eigenvalue weighted by atomic mass is 32.2. The third-order valence-electron chi connectivity index (χ3n) is 3.55. The molecule has 0 bridgehead atoms.